The van der Waals surface area contributed by atoms with Gasteiger partial charge in [0.1, 0.15) is 12.1 Å². The first kappa shape index (κ1) is 33.9. The van der Waals surface area contributed by atoms with Crippen molar-refractivity contribution in [3.8, 4) is 0 Å². The molecule has 3 saturated carbocycles. The Morgan fingerprint density at radius 1 is 1.07 bits per heavy atom. The molecule has 0 radical (unpaired) electrons. The van der Waals surface area contributed by atoms with Gasteiger partial charge < -0.3 is 25.3 Å². The summed E-state index contributed by atoms with van der Waals surface area (Å²) in [5, 5.41) is 26.1. The lowest BCUT2D eigenvalue weighted by Gasteiger charge is -2.62. The minimum absolute atomic E-state index is 0.113. The van der Waals surface area contributed by atoms with Crippen LogP contribution in [0.4, 0.5) is 5.69 Å². The highest BCUT2D eigenvalue weighted by atomic mass is 16.7. The Bertz CT molecular complexity index is 1250. The molecule has 8 heteroatoms. The Balaban J connectivity index is 1.31. The van der Waals surface area contributed by atoms with Gasteiger partial charge in [0, 0.05) is 37.3 Å². The van der Waals surface area contributed by atoms with Crippen molar-refractivity contribution in [2.45, 2.75) is 84.2 Å². The second kappa shape index (κ2) is 14.5. The standard InChI is InChI=1S/C37H56N4O4/c1-25-31-21-29(37(31,3)4)22-32(25)38-36(44)35-34(26(2)43)33(24-42)45-41(35)23-28-14-10-16-30(20-28)40(19-18-39(5)6)17-11-15-27-12-8-7-9-13-27/h7-10,12-14,16,20,25-26,29,31-35,42-43H,11,15,17-19,21-24H2,1-6H3,(H,38,44)/t25-,26-,29+,31-,32-,33-,34+,35-/m0/s1. The highest BCUT2D eigenvalue weighted by molar-refractivity contribution is 5.82. The highest BCUT2D eigenvalue weighted by Crippen LogP contribution is 2.61. The van der Waals surface area contributed by atoms with E-state index in [1.165, 1.54) is 12.0 Å². The number of rotatable bonds is 14. The van der Waals surface area contributed by atoms with Crippen molar-refractivity contribution in [2.24, 2.45) is 29.1 Å². The largest absolute Gasteiger partial charge is 0.394 e. The summed E-state index contributed by atoms with van der Waals surface area (Å²) in [6.07, 6.45) is 2.86. The Labute approximate surface area is 270 Å². The van der Waals surface area contributed by atoms with Gasteiger partial charge in [-0.05, 0) is 93.1 Å². The van der Waals surface area contributed by atoms with E-state index in [4.69, 9.17) is 4.84 Å². The van der Waals surface area contributed by atoms with Crippen molar-refractivity contribution in [1.82, 2.24) is 15.3 Å². The minimum atomic E-state index is -0.809. The van der Waals surface area contributed by atoms with Crippen molar-refractivity contribution < 1.29 is 19.8 Å². The van der Waals surface area contributed by atoms with Gasteiger partial charge in [0.2, 0.25) is 5.91 Å². The van der Waals surface area contributed by atoms with Gasteiger partial charge in [0.05, 0.1) is 19.3 Å². The van der Waals surface area contributed by atoms with Crippen LogP contribution in [-0.4, -0.2) is 90.7 Å². The van der Waals surface area contributed by atoms with Crippen LogP contribution in [0.3, 0.4) is 0 Å². The average molecular weight is 621 g/mol. The molecule has 1 amide bonds. The molecule has 1 saturated heterocycles. The van der Waals surface area contributed by atoms with E-state index in [0.29, 0.717) is 29.7 Å². The topological polar surface area (TPSA) is 88.5 Å². The summed E-state index contributed by atoms with van der Waals surface area (Å²) in [4.78, 5) is 24.9. The first-order chi connectivity index (χ1) is 21.5. The van der Waals surface area contributed by atoms with Crippen LogP contribution in [0.25, 0.3) is 0 Å². The molecule has 2 aromatic rings. The number of aliphatic hydroxyl groups excluding tert-OH is 2. The van der Waals surface area contributed by atoms with E-state index in [0.717, 1.165) is 50.1 Å². The highest BCUT2D eigenvalue weighted by Gasteiger charge is 2.57. The summed E-state index contributed by atoms with van der Waals surface area (Å²) in [6, 6.07) is 18.5. The maximum atomic E-state index is 14.0. The van der Waals surface area contributed by atoms with Gasteiger partial charge in [0.15, 0.2) is 0 Å². The van der Waals surface area contributed by atoms with Crippen molar-refractivity contribution in [1.29, 1.82) is 0 Å². The van der Waals surface area contributed by atoms with Gasteiger partial charge in [-0.25, -0.2) is 0 Å². The van der Waals surface area contributed by atoms with Gasteiger partial charge in [0.25, 0.3) is 0 Å². The first-order valence-electron chi connectivity index (χ1n) is 17.0. The fraction of sp³-hybridized carbons (Fsp3) is 0.649. The molecule has 2 bridgehead atoms. The molecule has 8 nitrogen and oxygen atoms in total. The Morgan fingerprint density at radius 2 is 1.80 bits per heavy atom. The lowest BCUT2D eigenvalue weighted by molar-refractivity contribution is -0.183. The number of fused-ring (bicyclic) bond motifs is 2. The number of nitrogens with one attached hydrogen (secondary N) is 1. The number of carbonyl (C=O) groups is 1. The van der Waals surface area contributed by atoms with Gasteiger partial charge in [-0.15, -0.1) is 0 Å². The molecule has 1 aliphatic heterocycles. The fourth-order valence-corrected chi connectivity index (χ4v) is 8.33. The molecule has 0 aromatic heterocycles. The predicted molar refractivity (Wildman–Crippen MR) is 180 cm³/mol. The number of nitrogens with zero attached hydrogens (tertiary/aromatic N) is 3. The van der Waals surface area contributed by atoms with E-state index in [1.54, 1.807) is 12.0 Å². The molecule has 248 valence electrons. The Kier molecular flexibility index (Phi) is 10.9. The van der Waals surface area contributed by atoms with Gasteiger partial charge in [-0.3, -0.25) is 9.63 Å². The third kappa shape index (κ3) is 7.57. The molecule has 3 aliphatic carbocycles. The molecule has 3 N–H and O–H groups in total. The van der Waals surface area contributed by atoms with E-state index in [-0.39, 0.29) is 18.6 Å². The van der Waals surface area contributed by atoms with Crippen molar-refractivity contribution in [3.05, 3.63) is 65.7 Å². The molecular formula is C37H56N4O4. The van der Waals surface area contributed by atoms with Crippen LogP contribution in [0.2, 0.25) is 0 Å². The molecule has 0 unspecified atom stereocenters. The number of likely N-dealkylation sites (N-methyl/N-ethyl adjacent to an activating group) is 1. The van der Waals surface area contributed by atoms with E-state index >= 15 is 0 Å². The van der Waals surface area contributed by atoms with Crippen LogP contribution in [-0.2, 0) is 22.6 Å². The molecule has 4 fully saturated rings. The number of aryl methyl sites for hydroxylation is 1. The first-order valence-corrected chi connectivity index (χ1v) is 17.0. The number of benzene rings is 2. The van der Waals surface area contributed by atoms with Crippen LogP contribution in [0.15, 0.2) is 54.6 Å². The van der Waals surface area contributed by atoms with Gasteiger partial charge in [-0.1, -0.05) is 63.2 Å². The lowest BCUT2D eigenvalue weighted by Crippen LogP contribution is -2.62. The van der Waals surface area contributed by atoms with Crippen LogP contribution in [0, 0.1) is 29.1 Å². The number of aliphatic hydroxyl groups is 2. The van der Waals surface area contributed by atoms with E-state index < -0.39 is 24.2 Å². The summed E-state index contributed by atoms with van der Waals surface area (Å²) in [6.45, 7) is 11.6. The summed E-state index contributed by atoms with van der Waals surface area (Å²) < 4.78 is 0. The van der Waals surface area contributed by atoms with Crippen LogP contribution in [0.1, 0.15) is 58.1 Å². The lowest BCUT2D eigenvalue weighted by atomic mass is 9.45. The van der Waals surface area contributed by atoms with Crippen LogP contribution in [0.5, 0.6) is 0 Å². The summed E-state index contributed by atoms with van der Waals surface area (Å²) >= 11 is 0. The van der Waals surface area contributed by atoms with Gasteiger partial charge in [-0.2, -0.15) is 5.06 Å². The number of carbonyl (C=O) groups excluding carboxylic acids is 1. The molecule has 8 atom stereocenters. The number of hydrogen-bond acceptors (Lipinski definition) is 7. The monoisotopic (exact) mass is 620 g/mol. The quantitative estimate of drug-likeness (QED) is 0.290. The number of anilines is 1. The number of hydrogen-bond donors (Lipinski definition) is 3. The predicted octanol–water partition coefficient (Wildman–Crippen LogP) is 4.35. The van der Waals surface area contributed by atoms with Crippen molar-refractivity contribution in [3.63, 3.8) is 0 Å². The van der Waals surface area contributed by atoms with Crippen molar-refractivity contribution in [2.75, 3.05) is 45.2 Å². The Morgan fingerprint density at radius 3 is 2.44 bits per heavy atom. The van der Waals surface area contributed by atoms with Gasteiger partial charge >= 0.3 is 0 Å². The molecule has 45 heavy (non-hydrogen) atoms. The summed E-state index contributed by atoms with van der Waals surface area (Å²) in [5.41, 5.74) is 3.86. The minimum Gasteiger partial charge on any atom is -0.394 e. The molecule has 0 spiro atoms. The molecule has 4 aliphatic rings. The smallest absolute Gasteiger partial charge is 0.240 e. The maximum Gasteiger partial charge on any atom is 0.240 e. The average Bonchev–Trinajstić information content (AvgIpc) is 3.38. The normalized spacial score (nSPS) is 29.8. The van der Waals surface area contributed by atoms with E-state index in [9.17, 15) is 15.0 Å². The third-order valence-corrected chi connectivity index (χ3v) is 11.2. The Hall–Kier alpha value is -2.49. The van der Waals surface area contributed by atoms with Crippen LogP contribution < -0.4 is 10.2 Å². The number of hydroxylamine groups is 2. The molecule has 6 rings (SSSR count). The fourth-order valence-electron chi connectivity index (χ4n) is 8.33. The maximum absolute atomic E-state index is 14.0. The molecule has 1 heterocycles. The van der Waals surface area contributed by atoms with E-state index in [2.05, 4.69) is 105 Å². The zero-order valence-electron chi connectivity index (χ0n) is 28.2. The molecule has 2 aromatic carbocycles. The van der Waals surface area contributed by atoms with Crippen LogP contribution >= 0.6 is 0 Å². The SMILES string of the molecule is C[C@@H]1[C@@H](NC(=O)[C@@H]2[C@H]([C@H](C)O)[C@H](CO)ON2Cc2cccc(N(CCCc3ccccc3)CCN(C)C)c2)C[C@H]2C[C@@H]1C2(C)C. The zero-order chi connectivity index (χ0) is 32.3. The summed E-state index contributed by atoms with van der Waals surface area (Å²) in [5.74, 6) is 0.995. The second-order valence-corrected chi connectivity index (χ2v) is 14.8. The van der Waals surface area contributed by atoms with Crippen molar-refractivity contribution >= 4 is 11.6 Å². The molecular weight excluding hydrogens is 564 g/mol. The zero-order valence-corrected chi connectivity index (χ0v) is 28.2. The number of amides is 1. The summed E-state index contributed by atoms with van der Waals surface area (Å²) in [7, 11) is 4.20. The van der Waals surface area contributed by atoms with E-state index in [1.807, 2.05) is 0 Å². The second-order valence-electron chi connectivity index (χ2n) is 14.8. The third-order valence-electron chi connectivity index (χ3n) is 11.2.